The number of carbonyl (C=O) groups is 2. The summed E-state index contributed by atoms with van der Waals surface area (Å²) in [6.07, 6.45) is -4.45. The van der Waals surface area contributed by atoms with Gasteiger partial charge in [-0.2, -0.15) is 18.3 Å². The zero-order valence-corrected chi connectivity index (χ0v) is 12.7. The zero-order valence-electron chi connectivity index (χ0n) is 12.7. The molecule has 2 amide bonds. The van der Waals surface area contributed by atoms with E-state index in [1.165, 1.54) is 0 Å². The molecular weight excluding hydrogens is 335 g/mol. The Balaban J connectivity index is 1.69. The number of nitrogens with zero attached hydrogens (tertiary/aromatic N) is 2. The van der Waals surface area contributed by atoms with Crippen LogP contribution in [0.5, 0.6) is 0 Å². The van der Waals surface area contributed by atoms with Gasteiger partial charge in [0, 0.05) is 17.7 Å². The van der Waals surface area contributed by atoms with Crippen LogP contribution in [0.3, 0.4) is 0 Å². The highest BCUT2D eigenvalue weighted by Crippen LogP contribution is 2.29. The maximum absolute atomic E-state index is 12.5. The van der Waals surface area contributed by atoms with Gasteiger partial charge in [-0.15, -0.1) is 5.11 Å². The van der Waals surface area contributed by atoms with Gasteiger partial charge in [-0.05, 0) is 35.9 Å². The number of fused-ring (bicyclic) bond motifs is 1. The van der Waals surface area contributed by atoms with E-state index in [0.717, 1.165) is 24.3 Å². The van der Waals surface area contributed by atoms with Crippen LogP contribution in [-0.4, -0.2) is 18.4 Å². The largest absolute Gasteiger partial charge is 0.416 e. The topological polar surface area (TPSA) is 70.9 Å². The summed E-state index contributed by atoms with van der Waals surface area (Å²) in [7, 11) is 0. The van der Waals surface area contributed by atoms with Crippen molar-refractivity contribution in [2.45, 2.75) is 12.2 Å². The van der Waals surface area contributed by atoms with Gasteiger partial charge in [-0.3, -0.25) is 9.59 Å². The molecule has 5 nitrogen and oxygen atoms in total. The van der Waals surface area contributed by atoms with Crippen LogP contribution < -0.4 is 5.32 Å². The summed E-state index contributed by atoms with van der Waals surface area (Å²) in [5.41, 5.74) is 0.351. The minimum absolute atomic E-state index is 0.0770. The number of carbonyl (C=O) groups excluding carboxylic acids is 2. The first kappa shape index (κ1) is 16.8. The quantitative estimate of drug-likeness (QED) is 0.918. The predicted molar refractivity (Wildman–Crippen MR) is 82.1 cm³/mol. The molecule has 8 heteroatoms. The Kier molecular flexibility index (Phi) is 4.35. The molecule has 0 bridgehead atoms. The van der Waals surface area contributed by atoms with Crippen molar-refractivity contribution in [3.8, 4) is 0 Å². The van der Waals surface area contributed by atoms with Crippen LogP contribution in [0.1, 0.15) is 37.9 Å². The highest BCUT2D eigenvalue weighted by atomic mass is 19.4. The summed E-state index contributed by atoms with van der Waals surface area (Å²) in [5, 5.41) is 10.0. The third-order valence-corrected chi connectivity index (χ3v) is 3.77. The number of hydrogen-bond acceptors (Lipinski definition) is 3. The summed E-state index contributed by atoms with van der Waals surface area (Å²) in [5.74, 6) is -0.973. The van der Waals surface area contributed by atoms with E-state index in [0.29, 0.717) is 11.1 Å². The van der Waals surface area contributed by atoms with E-state index in [-0.39, 0.29) is 12.1 Å². The van der Waals surface area contributed by atoms with Crippen molar-refractivity contribution in [3.05, 3.63) is 70.8 Å². The maximum atomic E-state index is 12.5. The number of halogens is 3. The highest BCUT2D eigenvalue weighted by molar-refractivity contribution is 5.97. The molecule has 0 spiro atoms. The average molecular weight is 347 g/mol. The monoisotopic (exact) mass is 347 g/mol. The lowest BCUT2D eigenvalue weighted by Crippen LogP contribution is -2.29. The summed E-state index contributed by atoms with van der Waals surface area (Å²) in [6.45, 7) is 0.0770. The summed E-state index contributed by atoms with van der Waals surface area (Å²) >= 11 is 0. The van der Waals surface area contributed by atoms with Gasteiger partial charge in [0.25, 0.3) is 11.8 Å². The number of benzene rings is 2. The van der Waals surface area contributed by atoms with E-state index in [1.54, 1.807) is 24.3 Å². The second kappa shape index (κ2) is 6.46. The molecule has 2 aromatic carbocycles. The molecule has 1 heterocycles. The fourth-order valence-corrected chi connectivity index (χ4v) is 2.47. The third kappa shape index (κ3) is 3.57. The molecule has 1 aliphatic heterocycles. The molecule has 0 radical (unpaired) electrons. The normalized spacial score (nSPS) is 16.4. The van der Waals surface area contributed by atoms with Crippen molar-refractivity contribution in [3.63, 3.8) is 0 Å². The molecule has 1 N–H and O–H groups in total. The van der Waals surface area contributed by atoms with E-state index in [4.69, 9.17) is 0 Å². The fraction of sp³-hybridized carbons (Fsp3) is 0.176. The first-order valence-electron chi connectivity index (χ1n) is 7.36. The minimum atomic E-state index is -4.45. The number of amides is 2. The van der Waals surface area contributed by atoms with Crippen molar-refractivity contribution >= 4 is 11.8 Å². The van der Waals surface area contributed by atoms with E-state index in [9.17, 15) is 22.8 Å². The van der Waals surface area contributed by atoms with Crippen molar-refractivity contribution in [1.82, 2.24) is 5.32 Å². The summed E-state index contributed by atoms with van der Waals surface area (Å²) < 4.78 is 37.6. The Hall–Kier alpha value is -3.03. The Morgan fingerprint density at radius 1 is 1.08 bits per heavy atom. The smallest absolute Gasteiger partial charge is 0.349 e. The fourth-order valence-electron chi connectivity index (χ4n) is 2.47. The molecule has 1 aliphatic rings. The predicted octanol–water partition coefficient (Wildman–Crippen LogP) is 3.78. The lowest BCUT2D eigenvalue weighted by molar-refractivity contribution is -0.137. The number of hydrogen-bond donors (Lipinski definition) is 1. The zero-order chi connectivity index (χ0) is 18.0. The van der Waals surface area contributed by atoms with Gasteiger partial charge < -0.3 is 5.32 Å². The summed E-state index contributed by atoms with van der Waals surface area (Å²) in [6, 6.07) is 10.2. The SMILES string of the molecule is O=C(NCC1N=NC(=O)c2ccccc21)c1ccc(C(F)(F)F)cc1. The Bertz CT molecular complexity index is 845. The molecule has 3 rings (SSSR count). The second-order valence-electron chi connectivity index (χ2n) is 5.41. The summed E-state index contributed by atoms with van der Waals surface area (Å²) in [4.78, 5) is 23.8. The van der Waals surface area contributed by atoms with E-state index in [2.05, 4.69) is 15.5 Å². The average Bonchev–Trinajstić information content (AvgIpc) is 2.60. The highest BCUT2D eigenvalue weighted by Gasteiger charge is 2.30. The Labute approximate surface area is 140 Å². The van der Waals surface area contributed by atoms with Crippen LogP contribution in [-0.2, 0) is 6.18 Å². The van der Waals surface area contributed by atoms with Gasteiger partial charge in [0.1, 0.15) is 6.04 Å². The molecule has 25 heavy (non-hydrogen) atoms. The first-order chi connectivity index (χ1) is 11.9. The molecule has 0 saturated carbocycles. The van der Waals surface area contributed by atoms with Crippen LogP contribution in [0.2, 0.25) is 0 Å². The Morgan fingerprint density at radius 2 is 1.76 bits per heavy atom. The van der Waals surface area contributed by atoms with Crippen LogP contribution in [0.15, 0.2) is 58.8 Å². The Morgan fingerprint density at radius 3 is 2.44 bits per heavy atom. The van der Waals surface area contributed by atoms with Crippen molar-refractivity contribution in [2.75, 3.05) is 6.54 Å². The van der Waals surface area contributed by atoms with Crippen LogP contribution in [0.25, 0.3) is 0 Å². The van der Waals surface area contributed by atoms with Crippen LogP contribution in [0.4, 0.5) is 13.2 Å². The number of alkyl halides is 3. The standard InChI is InChI=1S/C17H12F3N3O2/c18-17(19,20)11-7-5-10(6-8-11)15(24)21-9-14-12-3-1-2-4-13(12)16(25)23-22-14/h1-8,14H,9H2,(H,21,24). The van der Waals surface area contributed by atoms with E-state index < -0.39 is 29.6 Å². The lowest BCUT2D eigenvalue weighted by atomic mass is 9.99. The van der Waals surface area contributed by atoms with Gasteiger partial charge in [0.05, 0.1) is 5.56 Å². The van der Waals surface area contributed by atoms with Crippen molar-refractivity contribution in [1.29, 1.82) is 0 Å². The van der Waals surface area contributed by atoms with Crippen molar-refractivity contribution in [2.24, 2.45) is 10.2 Å². The molecule has 0 aliphatic carbocycles. The van der Waals surface area contributed by atoms with Crippen LogP contribution >= 0.6 is 0 Å². The number of rotatable bonds is 3. The maximum Gasteiger partial charge on any atom is 0.416 e. The number of azo groups is 1. The van der Waals surface area contributed by atoms with Gasteiger partial charge in [-0.25, -0.2) is 0 Å². The molecular formula is C17H12F3N3O2. The molecule has 2 aromatic rings. The minimum Gasteiger partial charge on any atom is -0.349 e. The molecule has 128 valence electrons. The number of nitrogens with one attached hydrogen (secondary N) is 1. The molecule has 0 saturated heterocycles. The third-order valence-electron chi connectivity index (χ3n) is 3.77. The lowest BCUT2D eigenvalue weighted by Gasteiger charge is -2.18. The van der Waals surface area contributed by atoms with E-state index >= 15 is 0 Å². The second-order valence-corrected chi connectivity index (χ2v) is 5.41. The van der Waals surface area contributed by atoms with Gasteiger partial charge in [0.15, 0.2) is 0 Å². The van der Waals surface area contributed by atoms with Crippen LogP contribution in [0, 0.1) is 0 Å². The molecule has 1 unspecified atom stereocenters. The van der Waals surface area contributed by atoms with Gasteiger partial charge in [-0.1, -0.05) is 18.2 Å². The molecule has 0 fully saturated rings. The van der Waals surface area contributed by atoms with Gasteiger partial charge in [0.2, 0.25) is 0 Å². The van der Waals surface area contributed by atoms with E-state index in [1.807, 2.05) is 0 Å². The van der Waals surface area contributed by atoms with Crippen molar-refractivity contribution < 1.29 is 22.8 Å². The van der Waals surface area contributed by atoms with Gasteiger partial charge >= 0.3 is 6.18 Å². The first-order valence-corrected chi connectivity index (χ1v) is 7.36. The molecule has 0 aromatic heterocycles. The molecule has 1 atom stereocenters.